The first-order chi connectivity index (χ1) is 13.1. The van der Waals surface area contributed by atoms with Crippen LogP contribution < -0.4 is 4.74 Å². The first kappa shape index (κ1) is 21.3. The number of rotatable bonds is 11. The van der Waals surface area contributed by atoms with E-state index in [4.69, 9.17) is 4.74 Å². The minimum absolute atomic E-state index is 0.196. The Bertz CT molecular complexity index is 719. The second kappa shape index (κ2) is 11.0. The number of ether oxygens (including phenoxy) is 1. The summed E-state index contributed by atoms with van der Waals surface area (Å²) in [5.41, 5.74) is 5.70. The smallest absolute Gasteiger partial charge is 0.169 e. The summed E-state index contributed by atoms with van der Waals surface area (Å²) in [5, 5.41) is 10.2. The molecule has 0 aromatic heterocycles. The van der Waals surface area contributed by atoms with Crippen LogP contribution in [0.4, 0.5) is 0 Å². The van der Waals surface area contributed by atoms with Gasteiger partial charge in [0, 0.05) is 0 Å². The minimum atomic E-state index is 0.196. The molecule has 2 nitrogen and oxygen atoms in total. The number of hydrogen-bond acceptors (Lipinski definition) is 2. The van der Waals surface area contributed by atoms with Gasteiger partial charge in [-0.05, 0) is 85.9 Å². The van der Waals surface area contributed by atoms with Gasteiger partial charge in [0.25, 0.3) is 0 Å². The van der Waals surface area contributed by atoms with Crippen molar-refractivity contribution >= 4 is 0 Å². The second-order valence-electron chi connectivity index (χ2n) is 7.51. The van der Waals surface area contributed by atoms with Crippen LogP contribution in [0.2, 0.25) is 0 Å². The summed E-state index contributed by atoms with van der Waals surface area (Å²) in [4.78, 5) is 0. The Morgan fingerprint density at radius 1 is 0.741 bits per heavy atom. The van der Waals surface area contributed by atoms with Gasteiger partial charge in [-0.1, -0.05) is 52.2 Å². The van der Waals surface area contributed by atoms with Gasteiger partial charge in [-0.15, -0.1) is 0 Å². The molecule has 2 aromatic rings. The molecule has 0 bridgehead atoms. The molecule has 0 fully saturated rings. The van der Waals surface area contributed by atoms with Crippen LogP contribution in [-0.4, -0.2) is 5.11 Å². The van der Waals surface area contributed by atoms with E-state index in [0.29, 0.717) is 5.75 Å². The molecule has 27 heavy (non-hydrogen) atoms. The Morgan fingerprint density at radius 3 is 1.89 bits per heavy atom. The fraction of sp³-hybridized carbons (Fsp3) is 0.520. The van der Waals surface area contributed by atoms with Crippen molar-refractivity contribution in [1.82, 2.24) is 0 Å². The molecule has 0 saturated heterocycles. The topological polar surface area (TPSA) is 29.5 Å². The van der Waals surface area contributed by atoms with Crippen molar-refractivity contribution in [2.45, 2.75) is 85.5 Å². The van der Waals surface area contributed by atoms with Crippen molar-refractivity contribution in [3.63, 3.8) is 0 Å². The van der Waals surface area contributed by atoms with Crippen LogP contribution in [0.1, 0.15) is 81.5 Å². The third-order valence-electron chi connectivity index (χ3n) is 5.28. The molecular weight excluding hydrogens is 332 g/mol. The van der Waals surface area contributed by atoms with Crippen LogP contribution in [0.25, 0.3) is 0 Å². The molecule has 0 spiro atoms. The molecule has 0 radical (unpaired) electrons. The minimum Gasteiger partial charge on any atom is -0.504 e. The lowest BCUT2D eigenvalue weighted by Crippen LogP contribution is -2.06. The summed E-state index contributed by atoms with van der Waals surface area (Å²) >= 11 is 0. The first-order valence-corrected chi connectivity index (χ1v) is 10.7. The van der Waals surface area contributed by atoms with Crippen molar-refractivity contribution in [3.8, 4) is 17.2 Å². The molecule has 1 N–H and O–H groups in total. The van der Waals surface area contributed by atoms with Gasteiger partial charge in [0.1, 0.15) is 5.75 Å². The molecule has 2 heteroatoms. The molecule has 0 unspecified atom stereocenters. The summed E-state index contributed by atoms with van der Waals surface area (Å²) in [6.07, 6.45) is 10.5. The number of unbranched alkanes of at least 4 members (excludes halogenated alkanes) is 3. The van der Waals surface area contributed by atoms with Crippen LogP contribution in [0.15, 0.2) is 30.3 Å². The van der Waals surface area contributed by atoms with Gasteiger partial charge < -0.3 is 9.84 Å². The summed E-state index contributed by atoms with van der Waals surface area (Å²) in [6, 6.07) is 9.44. The largest absolute Gasteiger partial charge is 0.504 e. The average Bonchev–Trinajstić information content (AvgIpc) is 2.66. The van der Waals surface area contributed by atoms with Gasteiger partial charge in [-0.2, -0.15) is 0 Å². The van der Waals surface area contributed by atoms with Crippen molar-refractivity contribution in [2.75, 3.05) is 0 Å². The molecule has 2 aromatic carbocycles. The van der Waals surface area contributed by atoms with E-state index in [-0.39, 0.29) is 5.75 Å². The van der Waals surface area contributed by atoms with E-state index in [9.17, 15) is 5.11 Å². The monoisotopic (exact) mass is 368 g/mol. The van der Waals surface area contributed by atoms with E-state index in [1.807, 2.05) is 18.2 Å². The number of phenols is 1. The van der Waals surface area contributed by atoms with Crippen molar-refractivity contribution < 1.29 is 9.84 Å². The maximum Gasteiger partial charge on any atom is 0.169 e. The van der Waals surface area contributed by atoms with Gasteiger partial charge in [0.15, 0.2) is 11.5 Å². The number of para-hydroxylation sites is 2. The van der Waals surface area contributed by atoms with Crippen molar-refractivity contribution in [1.29, 1.82) is 0 Å². The summed E-state index contributed by atoms with van der Waals surface area (Å²) in [6.45, 7) is 8.96. The Kier molecular flexibility index (Phi) is 8.71. The number of aryl methyl sites for hydroxylation is 1. The predicted molar refractivity (Wildman–Crippen MR) is 115 cm³/mol. The molecule has 0 saturated carbocycles. The van der Waals surface area contributed by atoms with E-state index in [2.05, 4.69) is 33.8 Å². The Hall–Kier alpha value is -1.96. The standard InChI is InChI=1S/C25H36O2/c1-5-8-13-20-19(4)18-25(27-24-17-12-11-16-23(24)26)22(15-10-7-3)21(20)14-9-6-2/h11-12,16-18,26H,5-10,13-15H2,1-4H3. The molecular formula is C25H36O2. The number of aromatic hydroxyl groups is 1. The zero-order valence-electron chi connectivity index (χ0n) is 17.6. The molecule has 0 atom stereocenters. The van der Waals surface area contributed by atoms with Crippen molar-refractivity contribution in [2.24, 2.45) is 0 Å². The highest BCUT2D eigenvalue weighted by atomic mass is 16.5. The van der Waals surface area contributed by atoms with E-state index >= 15 is 0 Å². The van der Waals surface area contributed by atoms with Gasteiger partial charge in [0.2, 0.25) is 0 Å². The lowest BCUT2D eigenvalue weighted by Gasteiger charge is -2.22. The van der Waals surface area contributed by atoms with Gasteiger partial charge >= 0.3 is 0 Å². The van der Waals surface area contributed by atoms with Crippen LogP contribution in [0.5, 0.6) is 17.2 Å². The van der Waals surface area contributed by atoms with Gasteiger partial charge in [-0.25, -0.2) is 0 Å². The average molecular weight is 369 g/mol. The zero-order chi connectivity index (χ0) is 19.6. The maximum absolute atomic E-state index is 10.2. The second-order valence-corrected chi connectivity index (χ2v) is 7.51. The first-order valence-electron chi connectivity index (χ1n) is 10.7. The summed E-state index contributed by atoms with van der Waals surface area (Å²) in [7, 11) is 0. The molecule has 2 rings (SSSR count). The number of phenolic OH excluding ortho intramolecular Hbond substituents is 1. The SMILES string of the molecule is CCCCc1c(C)cc(Oc2ccccc2O)c(CCCC)c1CCCC. The Labute approximate surface area is 165 Å². The van der Waals surface area contributed by atoms with Gasteiger partial charge in [0.05, 0.1) is 0 Å². The number of benzene rings is 2. The molecule has 0 aliphatic carbocycles. The quantitative estimate of drug-likeness (QED) is 0.444. The molecule has 0 aliphatic rings. The van der Waals surface area contributed by atoms with E-state index < -0.39 is 0 Å². The Morgan fingerprint density at radius 2 is 1.30 bits per heavy atom. The third kappa shape index (κ3) is 5.76. The maximum atomic E-state index is 10.2. The van der Waals surface area contributed by atoms with Gasteiger partial charge in [-0.3, -0.25) is 0 Å². The van der Waals surface area contributed by atoms with E-state index in [0.717, 1.165) is 31.4 Å². The fourth-order valence-electron chi connectivity index (χ4n) is 3.68. The van der Waals surface area contributed by atoms with E-state index in [1.54, 1.807) is 6.07 Å². The van der Waals surface area contributed by atoms with Crippen LogP contribution >= 0.6 is 0 Å². The zero-order valence-corrected chi connectivity index (χ0v) is 17.6. The van der Waals surface area contributed by atoms with Crippen LogP contribution in [0.3, 0.4) is 0 Å². The molecule has 0 aliphatic heterocycles. The fourth-order valence-corrected chi connectivity index (χ4v) is 3.68. The molecule has 0 amide bonds. The van der Waals surface area contributed by atoms with Crippen LogP contribution in [0, 0.1) is 6.92 Å². The lowest BCUT2D eigenvalue weighted by molar-refractivity contribution is 0.407. The summed E-state index contributed by atoms with van der Waals surface area (Å²) in [5.74, 6) is 1.66. The van der Waals surface area contributed by atoms with Crippen LogP contribution in [-0.2, 0) is 19.3 Å². The highest BCUT2D eigenvalue weighted by molar-refractivity contribution is 5.52. The van der Waals surface area contributed by atoms with E-state index in [1.165, 1.54) is 54.4 Å². The lowest BCUT2D eigenvalue weighted by atomic mass is 9.87. The van der Waals surface area contributed by atoms with Crippen molar-refractivity contribution in [3.05, 3.63) is 52.6 Å². The third-order valence-corrected chi connectivity index (χ3v) is 5.28. The molecule has 148 valence electrons. The number of hydrogen-bond donors (Lipinski definition) is 1. The predicted octanol–water partition coefficient (Wildman–Crippen LogP) is 7.52. The highest BCUT2D eigenvalue weighted by Gasteiger charge is 2.18. The highest BCUT2D eigenvalue weighted by Crippen LogP contribution is 2.37. The summed E-state index contributed by atoms with van der Waals surface area (Å²) < 4.78 is 6.25. The molecule has 0 heterocycles. The Balaban J connectivity index is 2.52. The normalized spacial score (nSPS) is 11.0.